The number of aliphatic hydroxyl groups excluding tert-OH is 1. The van der Waals surface area contributed by atoms with Crippen molar-refractivity contribution in [3.8, 4) is 0 Å². The zero-order valence-electron chi connectivity index (χ0n) is 10.3. The third-order valence-corrected chi connectivity index (χ3v) is 3.46. The fourth-order valence-electron chi connectivity index (χ4n) is 1.50. The van der Waals surface area contributed by atoms with Crippen LogP contribution in [0.1, 0.15) is 11.5 Å². The van der Waals surface area contributed by atoms with E-state index in [0.29, 0.717) is 23.8 Å². The van der Waals surface area contributed by atoms with Crippen LogP contribution in [0.25, 0.3) is 0 Å². The Balaban J connectivity index is 2.00. The minimum absolute atomic E-state index is 0.0404. The normalized spacial score (nSPS) is 11.5. The van der Waals surface area contributed by atoms with E-state index >= 15 is 0 Å². The van der Waals surface area contributed by atoms with Crippen molar-refractivity contribution < 1.29 is 17.9 Å². The summed E-state index contributed by atoms with van der Waals surface area (Å²) in [6, 6.07) is 6.54. The summed E-state index contributed by atoms with van der Waals surface area (Å²) in [5.41, 5.74) is 0.689. The van der Waals surface area contributed by atoms with E-state index < -0.39 is 9.84 Å². The minimum atomic E-state index is -3.27. The Morgan fingerprint density at radius 3 is 2.53 bits per heavy atom. The molecular weight excluding hydrogens is 268 g/mol. The van der Waals surface area contributed by atoms with Crippen LogP contribution < -0.4 is 5.32 Å². The molecule has 0 fully saturated rings. The summed E-state index contributed by atoms with van der Waals surface area (Å²) in [6.45, 7) is 0.296. The van der Waals surface area contributed by atoms with Crippen LogP contribution in [0.3, 0.4) is 0 Å². The van der Waals surface area contributed by atoms with Gasteiger partial charge >= 0.3 is 0 Å². The summed E-state index contributed by atoms with van der Waals surface area (Å²) in [6.07, 6.45) is 2.56. The number of nitrogens with one attached hydrogen (secondary N) is 1. The Hall–Kier alpha value is -1.86. The lowest BCUT2D eigenvalue weighted by Crippen LogP contribution is -2.02. The molecule has 0 unspecified atom stereocenters. The first-order chi connectivity index (χ1) is 8.99. The number of aliphatic hydroxyl groups is 1. The lowest BCUT2D eigenvalue weighted by Gasteiger charge is -2.04. The second-order valence-electron chi connectivity index (χ2n) is 4.04. The SMILES string of the molecule is CS(=O)(=O)c1ccc(NCc2ccc(CO)o2)cn1. The van der Waals surface area contributed by atoms with Crippen LogP contribution in [0, 0.1) is 0 Å². The Labute approximate surface area is 111 Å². The molecule has 102 valence electrons. The van der Waals surface area contributed by atoms with Crippen molar-refractivity contribution in [2.24, 2.45) is 0 Å². The average Bonchev–Trinajstić information content (AvgIpc) is 2.84. The zero-order valence-corrected chi connectivity index (χ0v) is 11.1. The maximum atomic E-state index is 11.2. The van der Waals surface area contributed by atoms with Gasteiger partial charge in [-0.05, 0) is 24.3 Å². The fourth-order valence-corrected chi connectivity index (χ4v) is 2.06. The van der Waals surface area contributed by atoms with Crippen molar-refractivity contribution in [1.82, 2.24) is 4.98 Å². The van der Waals surface area contributed by atoms with Crippen LogP contribution >= 0.6 is 0 Å². The summed E-state index contributed by atoms with van der Waals surface area (Å²) >= 11 is 0. The number of pyridine rings is 1. The van der Waals surface area contributed by atoms with Gasteiger partial charge in [-0.2, -0.15) is 0 Å². The molecular formula is C12H14N2O4S. The van der Waals surface area contributed by atoms with E-state index in [9.17, 15) is 8.42 Å². The fraction of sp³-hybridized carbons (Fsp3) is 0.250. The molecule has 0 aliphatic heterocycles. The second-order valence-corrected chi connectivity index (χ2v) is 6.00. The van der Waals surface area contributed by atoms with Gasteiger partial charge in [0.25, 0.3) is 0 Å². The van der Waals surface area contributed by atoms with E-state index in [1.165, 1.54) is 12.3 Å². The van der Waals surface area contributed by atoms with E-state index in [1.807, 2.05) is 0 Å². The van der Waals surface area contributed by atoms with Gasteiger partial charge in [-0.3, -0.25) is 0 Å². The number of nitrogens with zero attached hydrogens (tertiary/aromatic N) is 1. The lowest BCUT2D eigenvalue weighted by atomic mass is 10.4. The van der Waals surface area contributed by atoms with E-state index in [1.54, 1.807) is 18.2 Å². The first-order valence-corrected chi connectivity index (χ1v) is 7.46. The molecule has 0 saturated carbocycles. The van der Waals surface area contributed by atoms with Gasteiger partial charge in [0.05, 0.1) is 18.4 Å². The van der Waals surface area contributed by atoms with Crippen molar-refractivity contribution in [3.63, 3.8) is 0 Å². The highest BCUT2D eigenvalue weighted by Gasteiger charge is 2.08. The Kier molecular flexibility index (Phi) is 3.87. The molecule has 0 aliphatic rings. The van der Waals surface area contributed by atoms with Crippen molar-refractivity contribution in [3.05, 3.63) is 42.0 Å². The highest BCUT2D eigenvalue weighted by molar-refractivity contribution is 7.90. The van der Waals surface area contributed by atoms with Crippen LogP contribution in [0.5, 0.6) is 0 Å². The van der Waals surface area contributed by atoms with Crippen molar-refractivity contribution in [2.45, 2.75) is 18.2 Å². The summed E-state index contributed by atoms with van der Waals surface area (Å²) in [5, 5.41) is 11.9. The number of furan rings is 1. The molecule has 6 nitrogen and oxygen atoms in total. The average molecular weight is 282 g/mol. The van der Waals surface area contributed by atoms with Crippen LogP contribution in [0.2, 0.25) is 0 Å². The molecule has 0 spiro atoms. The minimum Gasteiger partial charge on any atom is -0.462 e. The van der Waals surface area contributed by atoms with E-state index in [4.69, 9.17) is 9.52 Å². The summed E-state index contributed by atoms with van der Waals surface area (Å²) in [7, 11) is -3.27. The second kappa shape index (κ2) is 5.41. The molecule has 7 heteroatoms. The highest BCUT2D eigenvalue weighted by Crippen LogP contribution is 2.13. The molecule has 0 amide bonds. The van der Waals surface area contributed by atoms with Gasteiger partial charge in [-0.15, -0.1) is 0 Å². The monoisotopic (exact) mass is 282 g/mol. The van der Waals surface area contributed by atoms with Crippen LogP contribution in [-0.2, 0) is 23.0 Å². The predicted molar refractivity (Wildman–Crippen MR) is 69.3 cm³/mol. The molecule has 2 aromatic rings. The molecule has 2 heterocycles. The van der Waals surface area contributed by atoms with E-state index in [0.717, 1.165) is 6.26 Å². The number of anilines is 1. The van der Waals surface area contributed by atoms with Gasteiger partial charge in [-0.25, -0.2) is 13.4 Å². The third kappa shape index (κ3) is 3.55. The summed E-state index contributed by atoms with van der Waals surface area (Å²) in [5.74, 6) is 1.18. The zero-order chi connectivity index (χ0) is 13.9. The molecule has 2 N–H and O–H groups in total. The molecule has 0 aliphatic carbocycles. The lowest BCUT2D eigenvalue weighted by molar-refractivity contribution is 0.244. The van der Waals surface area contributed by atoms with Gasteiger partial charge in [0.2, 0.25) is 0 Å². The predicted octanol–water partition coefficient (Wildman–Crippen LogP) is 1.18. The molecule has 2 aromatic heterocycles. The smallest absolute Gasteiger partial charge is 0.192 e. The maximum Gasteiger partial charge on any atom is 0.192 e. The van der Waals surface area contributed by atoms with E-state index in [-0.39, 0.29) is 11.6 Å². The van der Waals surface area contributed by atoms with Crippen LogP contribution in [0.15, 0.2) is 39.9 Å². The Morgan fingerprint density at radius 1 is 1.26 bits per heavy atom. The maximum absolute atomic E-state index is 11.2. The highest BCUT2D eigenvalue weighted by atomic mass is 32.2. The van der Waals surface area contributed by atoms with Gasteiger partial charge in [0.1, 0.15) is 18.1 Å². The number of hydrogen-bond donors (Lipinski definition) is 2. The van der Waals surface area contributed by atoms with Crippen molar-refractivity contribution >= 4 is 15.5 Å². The largest absolute Gasteiger partial charge is 0.462 e. The number of rotatable bonds is 5. The summed E-state index contributed by atoms with van der Waals surface area (Å²) in [4.78, 5) is 3.86. The number of aromatic nitrogens is 1. The Bertz CT molecular complexity index is 647. The number of sulfone groups is 1. The molecule has 0 saturated heterocycles. The summed E-state index contributed by atoms with van der Waals surface area (Å²) < 4.78 is 27.8. The van der Waals surface area contributed by atoms with Gasteiger partial charge in [0, 0.05) is 6.26 Å². The van der Waals surface area contributed by atoms with Crippen LogP contribution in [0.4, 0.5) is 5.69 Å². The molecule has 0 aromatic carbocycles. The third-order valence-electron chi connectivity index (χ3n) is 2.46. The van der Waals surface area contributed by atoms with Crippen molar-refractivity contribution in [2.75, 3.05) is 11.6 Å². The van der Waals surface area contributed by atoms with E-state index in [2.05, 4.69) is 10.3 Å². The van der Waals surface area contributed by atoms with Gasteiger partial charge < -0.3 is 14.8 Å². The Morgan fingerprint density at radius 2 is 2.00 bits per heavy atom. The quantitative estimate of drug-likeness (QED) is 0.855. The molecule has 0 radical (unpaired) electrons. The standard InChI is InChI=1S/C12H14N2O4S/c1-19(16,17)12-5-2-9(6-14-12)13-7-10-3-4-11(8-15)18-10/h2-6,13,15H,7-8H2,1H3. The first kappa shape index (κ1) is 13.6. The number of hydrogen-bond acceptors (Lipinski definition) is 6. The molecule has 2 rings (SSSR count). The van der Waals surface area contributed by atoms with Gasteiger partial charge in [0.15, 0.2) is 14.9 Å². The first-order valence-electron chi connectivity index (χ1n) is 5.57. The molecule has 0 atom stereocenters. The van der Waals surface area contributed by atoms with Gasteiger partial charge in [-0.1, -0.05) is 0 Å². The topological polar surface area (TPSA) is 92.4 Å². The van der Waals surface area contributed by atoms with Crippen molar-refractivity contribution in [1.29, 1.82) is 0 Å². The molecule has 0 bridgehead atoms. The molecule has 19 heavy (non-hydrogen) atoms. The van der Waals surface area contributed by atoms with Crippen LogP contribution in [-0.4, -0.2) is 24.8 Å².